The van der Waals surface area contributed by atoms with Gasteiger partial charge in [-0.2, -0.15) is 0 Å². The Balaban J connectivity index is 1.74. The van der Waals surface area contributed by atoms with Crippen LogP contribution in [0.5, 0.6) is 0 Å². The lowest BCUT2D eigenvalue weighted by Crippen LogP contribution is -2.25. The first kappa shape index (κ1) is 19.0. The maximum atomic E-state index is 14.1. The number of hydrogen-bond donors (Lipinski definition) is 2. The zero-order valence-corrected chi connectivity index (χ0v) is 15.9. The van der Waals surface area contributed by atoms with Gasteiger partial charge in [0.25, 0.3) is 5.91 Å². The number of fused-ring (bicyclic) bond motifs is 1. The van der Waals surface area contributed by atoms with Crippen molar-refractivity contribution in [2.24, 2.45) is 0 Å². The van der Waals surface area contributed by atoms with E-state index in [-0.39, 0.29) is 5.91 Å². The van der Waals surface area contributed by atoms with E-state index in [2.05, 4.69) is 41.5 Å². The second-order valence-corrected chi connectivity index (χ2v) is 6.71. The third-order valence-corrected chi connectivity index (χ3v) is 4.67. The fraction of sp³-hybridized carbons (Fsp3) is 0.318. The monoisotopic (exact) mass is 367 g/mol. The predicted octanol–water partition coefficient (Wildman–Crippen LogP) is 5.25. The van der Waals surface area contributed by atoms with Gasteiger partial charge in [-0.15, -0.1) is 0 Å². The van der Waals surface area contributed by atoms with Gasteiger partial charge >= 0.3 is 0 Å². The molecule has 0 fully saturated rings. The van der Waals surface area contributed by atoms with Crippen molar-refractivity contribution in [3.05, 3.63) is 60.0 Å². The van der Waals surface area contributed by atoms with Gasteiger partial charge in [0, 0.05) is 36.2 Å². The van der Waals surface area contributed by atoms with Crippen LogP contribution in [0.25, 0.3) is 5.57 Å². The maximum Gasteiger partial charge on any atom is 0.257 e. The minimum absolute atomic E-state index is 0.298. The summed E-state index contributed by atoms with van der Waals surface area (Å²) in [6.45, 7) is 6.47. The number of carbonyl (C=O) groups is 1. The van der Waals surface area contributed by atoms with Crippen LogP contribution < -0.4 is 15.5 Å². The van der Waals surface area contributed by atoms with Crippen LogP contribution in [-0.2, 0) is 4.79 Å². The topological polar surface area (TPSA) is 44.4 Å². The summed E-state index contributed by atoms with van der Waals surface area (Å²) in [7, 11) is 0. The summed E-state index contributed by atoms with van der Waals surface area (Å²) >= 11 is 0. The van der Waals surface area contributed by atoms with Crippen molar-refractivity contribution < 1.29 is 9.18 Å². The number of unbranched alkanes of at least 4 members (excludes halogenated alkanes) is 1. The number of carbonyl (C=O) groups excluding carboxylic acids is 1. The highest BCUT2D eigenvalue weighted by Crippen LogP contribution is 2.33. The van der Waals surface area contributed by atoms with Gasteiger partial charge in [0.15, 0.2) is 0 Å². The molecular formula is C22H26FN3O. The minimum Gasteiger partial charge on any atom is -0.372 e. The molecule has 0 aliphatic carbocycles. The molecule has 27 heavy (non-hydrogen) atoms. The summed E-state index contributed by atoms with van der Waals surface area (Å²) < 4.78 is 14.1. The summed E-state index contributed by atoms with van der Waals surface area (Å²) in [6.07, 6.45) is 5.02. The number of rotatable bonds is 8. The first-order chi connectivity index (χ1) is 13.1. The van der Waals surface area contributed by atoms with E-state index >= 15 is 0 Å². The van der Waals surface area contributed by atoms with Gasteiger partial charge in [-0.3, -0.25) is 4.79 Å². The molecule has 5 heteroatoms. The Morgan fingerprint density at radius 1 is 1.07 bits per heavy atom. The Labute approximate surface area is 160 Å². The van der Waals surface area contributed by atoms with E-state index in [9.17, 15) is 9.18 Å². The number of nitrogens with zero attached hydrogens (tertiary/aromatic N) is 1. The summed E-state index contributed by atoms with van der Waals surface area (Å²) in [5, 5.41) is 5.81. The van der Waals surface area contributed by atoms with Gasteiger partial charge in [-0.05, 0) is 49.2 Å². The van der Waals surface area contributed by atoms with E-state index in [0.717, 1.165) is 25.2 Å². The second-order valence-electron chi connectivity index (χ2n) is 6.71. The van der Waals surface area contributed by atoms with Crippen molar-refractivity contribution >= 4 is 28.5 Å². The zero-order chi connectivity index (χ0) is 19.2. The van der Waals surface area contributed by atoms with E-state index in [4.69, 9.17) is 0 Å². The van der Waals surface area contributed by atoms with Crippen LogP contribution >= 0.6 is 0 Å². The van der Waals surface area contributed by atoms with Crippen LogP contribution in [0, 0.1) is 5.82 Å². The van der Waals surface area contributed by atoms with Crippen molar-refractivity contribution in [2.45, 2.75) is 33.1 Å². The van der Waals surface area contributed by atoms with Crippen molar-refractivity contribution in [3.63, 3.8) is 0 Å². The third-order valence-electron chi connectivity index (χ3n) is 4.67. The molecule has 2 aromatic rings. The number of nitrogens with one attached hydrogen (secondary N) is 2. The van der Waals surface area contributed by atoms with Gasteiger partial charge in [0.1, 0.15) is 5.82 Å². The Hall–Kier alpha value is -2.82. The Morgan fingerprint density at radius 3 is 2.56 bits per heavy atom. The number of hydrogen-bond acceptors (Lipinski definition) is 3. The highest BCUT2D eigenvalue weighted by atomic mass is 19.1. The molecule has 0 saturated carbocycles. The lowest BCUT2D eigenvalue weighted by atomic mass is 10.1. The molecule has 4 nitrogen and oxygen atoms in total. The molecule has 0 radical (unpaired) electrons. The first-order valence-corrected chi connectivity index (χ1v) is 9.56. The van der Waals surface area contributed by atoms with E-state index in [1.165, 1.54) is 24.6 Å². The van der Waals surface area contributed by atoms with Gasteiger partial charge < -0.3 is 15.5 Å². The number of anilines is 3. The van der Waals surface area contributed by atoms with E-state index < -0.39 is 5.82 Å². The Kier molecular flexibility index (Phi) is 6.12. The van der Waals surface area contributed by atoms with Crippen LogP contribution in [0.3, 0.4) is 0 Å². The number of benzene rings is 2. The van der Waals surface area contributed by atoms with Crippen LogP contribution in [-0.4, -0.2) is 19.0 Å². The molecule has 1 heterocycles. The molecule has 0 saturated heterocycles. The van der Waals surface area contributed by atoms with E-state index in [1.54, 1.807) is 18.3 Å². The van der Waals surface area contributed by atoms with Gasteiger partial charge in [0.2, 0.25) is 0 Å². The summed E-state index contributed by atoms with van der Waals surface area (Å²) in [5.74, 6) is -0.701. The Bertz CT molecular complexity index is 830. The number of halogens is 1. The van der Waals surface area contributed by atoms with Crippen molar-refractivity contribution in [1.29, 1.82) is 0 Å². The van der Waals surface area contributed by atoms with Crippen LogP contribution in [0.15, 0.2) is 48.7 Å². The Morgan fingerprint density at radius 2 is 1.85 bits per heavy atom. The highest BCUT2D eigenvalue weighted by Gasteiger charge is 2.27. The SMILES string of the molecule is CCCCN(CCC)c1ccc(NC=C2C(=O)Nc3cccc(F)c32)cc1. The fourth-order valence-corrected chi connectivity index (χ4v) is 3.26. The molecule has 2 aromatic carbocycles. The molecule has 1 aliphatic heterocycles. The highest BCUT2D eigenvalue weighted by molar-refractivity contribution is 6.31. The summed E-state index contributed by atoms with van der Waals surface area (Å²) in [6, 6.07) is 12.8. The van der Waals surface area contributed by atoms with Gasteiger partial charge in [0.05, 0.1) is 11.3 Å². The van der Waals surface area contributed by atoms with E-state index in [0.29, 0.717) is 16.8 Å². The van der Waals surface area contributed by atoms with E-state index in [1.807, 2.05) is 12.1 Å². The zero-order valence-electron chi connectivity index (χ0n) is 15.9. The largest absolute Gasteiger partial charge is 0.372 e. The third kappa shape index (κ3) is 4.30. The lowest BCUT2D eigenvalue weighted by molar-refractivity contribution is -0.110. The average Bonchev–Trinajstić information content (AvgIpc) is 3.00. The van der Waals surface area contributed by atoms with Gasteiger partial charge in [-0.1, -0.05) is 26.3 Å². The van der Waals surface area contributed by atoms with Crippen molar-refractivity contribution in [2.75, 3.05) is 28.6 Å². The summed E-state index contributed by atoms with van der Waals surface area (Å²) in [5.41, 5.74) is 3.19. The molecule has 0 spiro atoms. The molecular weight excluding hydrogens is 341 g/mol. The smallest absolute Gasteiger partial charge is 0.257 e. The normalized spacial score (nSPS) is 14.2. The molecule has 0 unspecified atom stereocenters. The first-order valence-electron chi connectivity index (χ1n) is 9.56. The predicted molar refractivity (Wildman–Crippen MR) is 110 cm³/mol. The molecule has 0 atom stereocenters. The van der Waals surface area contributed by atoms with Crippen LogP contribution in [0.2, 0.25) is 0 Å². The second kappa shape index (κ2) is 8.71. The molecule has 0 bridgehead atoms. The standard InChI is InChI=1S/C22H26FN3O/c1-3-5-14-26(13-4-2)17-11-9-16(10-12-17)24-15-18-21-19(23)7-6-8-20(21)25-22(18)27/h6-12,15,24H,3-5,13-14H2,1-2H3,(H,25,27). The molecule has 2 N–H and O–H groups in total. The maximum absolute atomic E-state index is 14.1. The molecule has 1 amide bonds. The molecule has 1 aliphatic rings. The van der Waals surface area contributed by atoms with Gasteiger partial charge in [-0.25, -0.2) is 4.39 Å². The van der Waals surface area contributed by atoms with Crippen molar-refractivity contribution in [3.8, 4) is 0 Å². The van der Waals surface area contributed by atoms with Crippen LogP contribution in [0.4, 0.5) is 21.5 Å². The average molecular weight is 367 g/mol. The molecule has 142 valence electrons. The molecule has 0 aromatic heterocycles. The van der Waals surface area contributed by atoms with Crippen molar-refractivity contribution in [1.82, 2.24) is 0 Å². The fourth-order valence-electron chi connectivity index (χ4n) is 3.26. The van der Waals surface area contributed by atoms with Crippen LogP contribution in [0.1, 0.15) is 38.7 Å². The quantitative estimate of drug-likeness (QED) is 0.627. The number of amides is 1. The lowest BCUT2D eigenvalue weighted by Gasteiger charge is -2.24. The summed E-state index contributed by atoms with van der Waals surface area (Å²) in [4.78, 5) is 14.5. The minimum atomic E-state index is -0.402. The molecule has 3 rings (SSSR count).